The lowest BCUT2D eigenvalue weighted by Crippen LogP contribution is -2.57. The van der Waals surface area contributed by atoms with E-state index in [1.807, 2.05) is 36.4 Å². The molecular weight excluding hydrogens is 562 g/mol. The van der Waals surface area contributed by atoms with Crippen molar-refractivity contribution in [3.05, 3.63) is 42.0 Å². The molecule has 0 bridgehead atoms. The zero-order valence-corrected chi connectivity index (χ0v) is 24.2. The minimum absolute atomic E-state index is 0.0176. The second kappa shape index (κ2) is 11.2. The van der Waals surface area contributed by atoms with E-state index in [-0.39, 0.29) is 25.3 Å². The van der Waals surface area contributed by atoms with Crippen molar-refractivity contribution in [3.8, 4) is 0 Å². The molecule has 0 unspecified atom stereocenters. The van der Waals surface area contributed by atoms with Crippen LogP contribution >= 0.6 is 0 Å². The van der Waals surface area contributed by atoms with Crippen LogP contribution in [0.5, 0.6) is 0 Å². The SMILES string of the molecule is O=C1N[C@]2(C(=O)NS(=O)(=O)C3CC3)C[C@H]2C=CCCCCCNC(=O)N2C[C@H](OC(=O)N3CCc4ccccc43)C[C@@H]12. The highest BCUT2D eigenvalue weighted by atomic mass is 32.2. The number of benzene rings is 1. The Morgan fingerprint density at radius 3 is 2.71 bits per heavy atom. The molecule has 13 heteroatoms. The summed E-state index contributed by atoms with van der Waals surface area (Å²) in [4.78, 5) is 56.4. The number of nitrogens with one attached hydrogen (secondary N) is 3. The Morgan fingerprint density at radius 2 is 1.90 bits per heavy atom. The van der Waals surface area contributed by atoms with Gasteiger partial charge in [-0.2, -0.15) is 0 Å². The summed E-state index contributed by atoms with van der Waals surface area (Å²) in [5, 5.41) is 5.10. The van der Waals surface area contributed by atoms with Crippen LogP contribution in [0, 0.1) is 5.92 Å². The van der Waals surface area contributed by atoms with Gasteiger partial charge in [-0.3, -0.25) is 19.2 Å². The molecule has 2 saturated carbocycles. The van der Waals surface area contributed by atoms with Gasteiger partial charge in [0, 0.05) is 25.4 Å². The van der Waals surface area contributed by atoms with Gasteiger partial charge in [0.25, 0.3) is 5.91 Å². The normalized spacial score (nSPS) is 29.7. The van der Waals surface area contributed by atoms with Gasteiger partial charge in [-0.15, -0.1) is 0 Å². The summed E-state index contributed by atoms with van der Waals surface area (Å²) in [6.45, 7) is 0.940. The maximum Gasteiger partial charge on any atom is 0.414 e. The quantitative estimate of drug-likeness (QED) is 0.447. The summed E-state index contributed by atoms with van der Waals surface area (Å²) in [6.07, 6.45) is 7.92. The van der Waals surface area contributed by atoms with Crippen LogP contribution < -0.4 is 20.3 Å². The lowest BCUT2D eigenvalue weighted by atomic mass is 10.1. The maximum atomic E-state index is 13.8. The highest BCUT2D eigenvalue weighted by Crippen LogP contribution is 2.46. The molecule has 2 aliphatic carbocycles. The number of allylic oxidation sites excluding steroid dienone is 1. The molecule has 3 aliphatic heterocycles. The average Bonchev–Trinajstić information content (AvgIpc) is 3.84. The highest BCUT2D eigenvalue weighted by Gasteiger charge is 2.62. The third-order valence-electron chi connectivity index (χ3n) is 8.86. The van der Waals surface area contributed by atoms with Crippen molar-refractivity contribution in [1.82, 2.24) is 20.3 Å². The largest absolute Gasteiger partial charge is 0.444 e. The number of amides is 5. The first-order valence-electron chi connectivity index (χ1n) is 14.8. The molecule has 5 aliphatic rings. The number of nitrogens with zero attached hydrogens (tertiary/aromatic N) is 2. The number of ether oxygens (including phenoxy) is 1. The maximum absolute atomic E-state index is 13.8. The number of anilines is 1. The van der Waals surface area contributed by atoms with E-state index in [0.717, 1.165) is 36.9 Å². The van der Waals surface area contributed by atoms with Crippen molar-refractivity contribution in [2.75, 3.05) is 24.5 Å². The van der Waals surface area contributed by atoms with Gasteiger partial charge in [-0.1, -0.05) is 36.8 Å². The number of carbonyl (C=O) groups excluding carboxylic acids is 4. The molecular formula is C29H37N5O7S. The summed E-state index contributed by atoms with van der Waals surface area (Å²) in [5.74, 6) is -1.71. The van der Waals surface area contributed by atoms with Crippen LogP contribution in [-0.2, 0) is 30.8 Å². The second-order valence-electron chi connectivity index (χ2n) is 11.9. The van der Waals surface area contributed by atoms with E-state index >= 15 is 0 Å². The summed E-state index contributed by atoms with van der Waals surface area (Å²) in [7, 11) is -3.82. The van der Waals surface area contributed by atoms with Gasteiger partial charge in [0.05, 0.1) is 17.5 Å². The van der Waals surface area contributed by atoms with E-state index in [1.54, 1.807) is 4.90 Å². The molecule has 4 atom stereocenters. The smallest absolute Gasteiger partial charge is 0.414 e. The van der Waals surface area contributed by atoms with Crippen molar-refractivity contribution < 1.29 is 32.3 Å². The standard InChI is InChI=1S/C29H37N5O7S/c35-25-24-16-21(41-28(38)33-15-13-19-8-5-6-10-23(19)33)18-34(24)27(37)30-14-7-3-1-2-4-9-20-17-29(20,31-25)26(36)32-42(39,40)22-11-12-22/h4-6,8-10,20-22,24H,1-3,7,11-18H2,(H,30,37)(H,31,35)(H,32,36)/t20-,21-,24+,29-/m1/s1. The minimum atomic E-state index is -3.82. The fraction of sp³-hybridized carbons (Fsp3) is 0.586. The van der Waals surface area contributed by atoms with Crippen LogP contribution in [0.15, 0.2) is 36.4 Å². The second-order valence-corrected chi connectivity index (χ2v) is 13.9. The Balaban J connectivity index is 1.20. The fourth-order valence-electron chi connectivity index (χ4n) is 6.18. The van der Waals surface area contributed by atoms with Crippen molar-refractivity contribution in [3.63, 3.8) is 0 Å². The predicted octanol–water partition coefficient (Wildman–Crippen LogP) is 1.95. The molecule has 1 saturated heterocycles. The van der Waals surface area contributed by atoms with Gasteiger partial charge in [0.15, 0.2) is 0 Å². The number of hydrogen-bond donors (Lipinski definition) is 3. The molecule has 12 nitrogen and oxygen atoms in total. The number of sulfonamides is 1. The molecule has 6 rings (SSSR count). The molecule has 42 heavy (non-hydrogen) atoms. The van der Waals surface area contributed by atoms with Gasteiger partial charge in [0.2, 0.25) is 15.9 Å². The Labute approximate surface area is 245 Å². The third-order valence-corrected chi connectivity index (χ3v) is 10.7. The lowest BCUT2D eigenvalue weighted by Gasteiger charge is -2.26. The van der Waals surface area contributed by atoms with E-state index in [9.17, 15) is 27.6 Å². The third kappa shape index (κ3) is 5.70. The molecule has 3 heterocycles. The van der Waals surface area contributed by atoms with E-state index in [2.05, 4.69) is 15.4 Å². The molecule has 0 radical (unpaired) electrons. The van der Waals surface area contributed by atoms with Crippen molar-refractivity contribution in [2.24, 2.45) is 5.92 Å². The van der Waals surface area contributed by atoms with Gasteiger partial charge >= 0.3 is 12.1 Å². The van der Waals surface area contributed by atoms with Gasteiger partial charge in [-0.05, 0) is 56.6 Å². The zero-order valence-electron chi connectivity index (χ0n) is 23.4. The summed E-state index contributed by atoms with van der Waals surface area (Å²) in [6, 6.07) is 6.14. The van der Waals surface area contributed by atoms with E-state index in [1.165, 1.54) is 4.90 Å². The molecule has 5 amide bonds. The van der Waals surface area contributed by atoms with Crippen molar-refractivity contribution >= 4 is 39.6 Å². The molecule has 226 valence electrons. The Hall–Kier alpha value is -3.61. The first-order chi connectivity index (χ1) is 20.2. The average molecular weight is 600 g/mol. The highest BCUT2D eigenvalue weighted by molar-refractivity contribution is 7.91. The van der Waals surface area contributed by atoms with Gasteiger partial charge in [0.1, 0.15) is 17.7 Å². The van der Waals surface area contributed by atoms with Crippen LogP contribution in [0.3, 0.4) is 0 Å². The predicted molar refractivity (Wildman–Crippen MR) is 153 cm³/mol. The molecule has 0 spiro atoms. The van der Waals surface area contributed by atoms with Crippen molar-refractivity contribution in [2.45, 2.75) is 80.7 Å². The van der Waals surface area contributed by atoms with E-state index < -0.39 is 56.9 Å². The van der Waals surface area contributed by atoms with Gasteiger partial charge < -0.3 is 20.3 Å². The number of urea groups is 1. The number of hydrogen-bond acceptors (Lipinski definition) is 7. The lowest BCUT2D eigenvalue weighted by molar-refractivity contribution is -0.131. The Morgan fingerprint density at radius 1 is 1.10 bits per heavy atom. The number of rotatable bonds is 4. The van der Waals surface area contributed by atoms with Crippen LogP contribution in [0.4, 0.5) is 15.3 Å². The van der Waals surface area contributed by atoms with Crippen molar-refractivity contribution in [1.29, 1.82) is 0 Å². The molecule has 1 aromatic carbocycles. The topological polar surface area (TPSA) is 154 Å². The first-order valence-corrected chi connectivity index (χ1v) is 16.4. The molecule has 1 aromatic rings. The number of fused-ring (bicyclic) bond motifs is 3. The summed E-state index contributed by atoms with van der Waals surface area (Å²) < 4.78 is 33.1. The first kappa shape index (κ1) is 28.5. The Bertz CT molecular complexity index is 1410. The summed E-state index contributed by atoms with van der Waals surface area (Å²) >= 11 is 0. The van der Waals surface area contributed by atoms with E-state index in [4.69, 9.17) is 4.74 Å². The zero-order chi connectivity index (χ0) is 29.5. The molecule has 0 aromatic heterocycles. The fourth-order valence-corrected chi connectivity index (χ4v) is 7.54. The van der Waals surface area contributed by atoms with Crippen LogP contribution in [0.1, 0.15) is 56.9 Å². The number of para-hydroxylation sites is 1. The molecule has 3 fully saturated rings. The molecule has 3 N–H and O–H groups in total. The van der Waals surface area contributed by atoms with E-state index in [0.29, 0.717) is 32.4 Å². The van der Waals surface area contributed by atoms with Crippen LogP contribution in [-0.4, -0.2) is 79.8 Å². The minimum Gasteiger partial charge on any atom is -0.444 e. The summed E-state index contributed by atoms with van der Waals surface area (Å²) in [5.41, 5.74) is 0.409. The van der Waals surface area contributed by atoms with Gasteiger partial charge in [-0.25, -0.2) is 18.0 Å². The van der Waals surface area contributed by atoms with Crippen LogP contribution in [0.2, 0.25) is 0 Å². The number of carbonyl (C=O) groups is 4. The van der Waals surface area contributed by atoms with Crippen LogP contribution in [0.25, 0.3) is 0 Å². The Kier molecular flexibility index (Phi) is 7.62. The monoisotopic (exact) mass is 599 g/mol.